The zero-order chi connectivity index (χ0) is 37.6. The fourth-order valence-corrected chi connectivity index (χ4v) is 7.67. The minimum atomic E-state index is 0.504. The Bertz CT molecular complexity index is 3050. The molecule has 0 bridgehead atoms. The number of hydrogen-bond donors (Lipinski definition) is 0. The van der Waals surface area contributed by atoms with Gasteiger partial charge in [0.05, 0.1) is 22.1 Å². The maximum Gasteiger partial charge on any atom is 0.162 e. The first-order chi connectivity index (χ1) is 27.6. The monoisotopic (exact) mass is 729 g/mol. The maximum absolute atomic E-state index is 6.68. The molecule has 5 heterocycles. The van der Waals surface area contributed by atoms with Crippen molar-refractivity contribution in [3.05, 3.63) is 164 Å². The van der Waals surface area contributed by atoms with Gasteiger partial charge in [0.15, 0.2) is 5.82 Å². The van der Waals surface area contributed by atoms with Crippen LogP contribution >= 0.6 is 0 Å². The van der Waals surface area contributed by atoms with E-state index in [1.807, 2.05) is 67.0 Å². The normalized spacial score (nSPS) is 11.6. The number of para-hydroxylation sites is 2. The molecule has 10 aromatic rings. The van der Waals surface area contributed by atoms with Gasteiger partial charge in [-0.1, -0.05) is 56.3 Å². The lowest BCUT2D eigenvalue weighted by atomic mass is 10.0. The number of fused-ring (bicyclic) bond motifs is 6. The summed E-state index contributed by atoms with van der Waals surface area (Å²) in [5.41, 5.74) is 6.12. The Morgan fingerprint density at radius 3 is 1.66 bits per heavy atom. The van der Waals surface area contributed by atoms with Gasteiger partial charge >= 0.3 is 0 Å². The number of aromatic nitrogens is 7. The average Bonchev–Trinajstić information content (AvgIpc) is 3.73. The summed E-state index contributed by atoms with van der Waals surface area (Å²) in [7, 11) is 0. The topological polar surface area (TPSA) is 92.8 Å². The van der Waals surface area contributed by atoms with Crippen LogP contribution in [0.5, 0.6) is 23.0 Å². The molecule has 9 heteroatoms. The lowest BCUT2D eigenvalue weighted by Gasteiger charge is -2.13. The van der Waals surface area contributed by atoms with Crippen molar-refractivity contribution in [3.8, 4) is 46.0 Å². The van der Waals surface area contributed by atoms with E-state index < -0.39 is 0 Å². The van der Waals surface area contributed by atoms with E-state index in [-0.39, 0.29) is 0 Å². The molecule has 0 saturated heterocycles. The molecule has 0 amide bonds. The minimum Gasteiger partial charge on any atom is -0.457 e. The van der Waals surface area contributed by atoms with Crippen molar-refractivity contribution < 1.29 is 9.47 Å². The summed E-state index contributed by atoms with van der Waals surface area (Å²) in [6.07, 6.45) is 7.65. The van der Waals surface area contributed by atoms with E-state index in [0.717, 1.165) is 67.2 Å². The zero-order valence-electron chi connectivity index (χ0n) is 30.7. The van der Waals surface area contributed by atoms with Crippen molar-refractivity contribution in [2.45, 2.75) is 20.3 Å². The number of hydrogen-bond acceptors (Lipinski definition) is 7. The highest BCUT2D eigenvalue weighted by molar-refractivity contribution is 6.10. The van der Waals surface area contributed by atoms with Crippen molar-refractivity contribution in [2.75, 3.05) is 0 Å². The molecule has 0 saturated carbocycles. The van der Waals surface area contributed by atoms with Crippen LogP contribution in [0.2, 0.25) is 0 Å². The fraction of sp³-hybridized carbons (Fsp3) is 0.0851. The maximum atomic E-state index is 6.68. The predicted molar refractivity (Wildman–Crippen MR) is 221 cm³/mol. The van der Waals surface area contributed by atoms with Crippen LogP contribution in [0.25, 0.3) is 66.6 Å². The standard InChI is InChI=1S/C47H35N7O2/c1-30(2)21-31-18-20-50-46(22-31)54-42-12-6-4-10-38(42)40-17-15-34(27-44(40)54)56-36-24-32(47-51-28-48-29-52-47)23-35(25-36)55-33-14-16-39-37-9-3-5-11-41(37)53(43(39)26-33)45-13-7-8-19-49-45/h3-20,22-30H,21H2,1-2H3. The van der Waals surface area contributed by atoms with Gasteiger partial charge in [0.25, 0.3) is 0 Å². The lowest BCUT2D eigenvalue weighted by molar-refractivity contribution is 0.461. The predicted octanol–water partition coefficient (Wildman–Crippen LogP) is 11.3. The quantitative estimate of drug-likeness (QED) is 0.146. The first-order valence-electron chi connectivity index (χ1n) is 18.6. The largest absolute Gasteiger partial charge is 0.457 e. The molecule has 0 aliphatic carbocycles. The molecule has 9 nitrogen and oxygen atoms in total. The van der Waals surface area contributed by atoms with Crippen LogP contribution in [0.4, 0.5) is 0 Å². The van der Waals surface area contributed by atoms with Crippen molar-refractivity contribution in [1.82, 2.24) is 34.1 Å². The Morgan fingerprint density at radius 1 is 0.482 bits per heavy atom. The first-order valence-corrected chi connectivity index (χ1v) is 18.6. The zero-order valence-corrected chi connectivity index (χ0v) is 30.7. The molecular formula is C47H35N7O2. The molecule has 0 aliphatic rings. The van der Waals surface area contributed by atoms with Crippen molar-refractivity contribution in [3.63, 3.8) is 0 Å². The highest BCUT2D eigenvalue weighted by atomic mass is 16.5. The van der Waals surface area contributed by atoms with Crippen LogP contribution in [0, 0.1) is 5.92 Å². The van der Waals surface area contributed by atoms with Gasteiger partial charge < -0.3 is 9.47 Å². The molecule has 10 rings (SSSR count). The second kappa shape index (κ2) is 13.8. The van der Waals surface area contributed by atoms with Crippen molar-refractivity contribution in [2.24, 2.45) is 5.92 Å². The smallest absolute Gasteiger partial charge is 0.162 e. The second-order valence-electron chi connectivity index (χ2n) is 14.2. The van der Waals surface area contributed by atoms with E-state index in [1.165, 1.54) is 18.2 Å². The Labute approximate surface area is 322 Å². The summed E-state index contributed by atoms with van der Waals surface area (Å²) in [6.45, 7) is 4.47. The lowest BCUT2D eigenvalue weighted by Crippen LogP contribution is -2.01. The highest BCUT2D eigenvalue weighted by Crippen LogP contribution is 2.39. The summed E-state index contributed by atoms with van der Waals surface area (Å²) in [6, 6.07) is 45.1. The molecule has 0 N–H and O–H groups in total. The van der Waals surface area contributed by atoms with Gasteiger partial charge in [0, 0.05) is 57.7 Å². The highest BCUT2D eigenvalue weighted by Gasteiger charge is 2.17. The molecule has 0 aliphatic heterocycles. The summed E-state index contributed by atoms with van der Waals surface area (Å²) >= 11 is 0. The number of pyridine rings is 2. The van der Waals surface area contributed by atoms with E-state index in [2.05, 4.69) is 122 Å². The van der Waals surface area contributed by atoms with Gasteiger partial charge in [0.1, 0.15) is 47.3 Å². The molecule has 0 fully saturated rings. The third kappa shape index (κ3) is 6.05. The van der Waals surface area contributed by atoms with Gasteiger partial charge in [-0.3, -0.25) is 9.13 Å². The van der Waals surface area contributed by atoms with Gasteiger partial charge in [-0.15, -0.1) is 0 Å². The van der Waals surface area contributed by atoms with Crippen LogP contribution in [0.1, 0.15) is 19.4 Å². The summed E-state index contributed by atoms with van der Waals surface area (Å²) < 4.78 is 17.7. The SMILES string of the molecule is CC(C)Cc1ccnc(-n2c3ccccc3c3ccc(Oc4cc(Oc5ccc6c7ccccc7n(-c7ccccn7)c6c5)cc(-c5ncncn5)c4)cc32)c1. The minimum absolute atomic E-state index is 0.504. The summed E-state index contributed by atoms with van der Waals surface area (Å²) in [5, 5.41) is 4.51. The summed E-state index contributed by atoms with van der Waals surface area (Å²) in [4.78, 5) is 22.4. The van der Waals surface area contributed by atoms with E-state index >= 15 is 0 Å². The van der Waals surface area contributed by atoms with E-state index in [9.17, 15) is 0 Å². The van der Waals surface area contributed by atoms with E-state index in [1.54, 1.807) is 0 Å². The van der Waals surface area contributed by atoms with Crippen molar-refractivity contribution in [1.29, 1.82) is 0 Å². The van der Waals surface area contributed by atoms with Crippen LogP contribution in [0.3, 0.4) is 0 Å². The Hall–Kier alpha value is -7.39. The average molecular weight is 730 g/mol. The number of benzene rings is 5. The molecule has 0 unspecified atom stereocenters. The van der Waals surface area contributed by atoms with Crippen LogP contribution < -0.4 is 9.47 Å². The second-order valence-corrected chi connectivity index (χ2v) is 14.2. The fourth-order valence-electron chi connectivity index (χ4n) is 7.67. The van der Waals surface area contributed by atoms with Gasteiger partial charge in [0.2, 0.25) is 0 Å². The van der Waals surface area contributed by atoms with Gasteiger partial charge in [-0.2, -0.15) is 0 Å². The van der Waals surface area contributed by atoms with E-state index in [4.69, 9.17) is 14.5 Å². The molecule has 0 spiro atoms. The van der Waals surface area contributed by atoms with E-state index in [0.29, 0.717) is 34.7 Å². The molecule has 5 aromatic heterocycles. The van der Waals surface area contributed by atoms with Crippen LogP contribution in [-0.4, -0.2) is 34.1 Å². The third-order valence-electron chi connectivity index (χ3n) is 9.95. The Balaban J connectivity index is 1.06. The number of nitrogens with zero attached hydrogens (tertiary/aromatic N) is 7. The first kappa shape index (κ1) is 33.2. The van der Waals surface area contributed by atoms with Gasteiger partial charge in [-0.25, -0.2) is 24.9 Å². The van der Waals surface area contributed by atoms with Gasteiger partial charge in [-0.05, 0) is 90.7 Å². The molecule has 56 heavy (non-hydrogen) atoms. The molecule has 270 valence electrons. The Morgan fingerprint density at radius 2 is 1.05 bits per heavy atom. The molecule has 5 aromatic carbocycles. The third-order valence-corrected chi connectivity index (χ3v) is 9.95. The molecule has 0 atom stereocenters. The summed E-state index contributed by atoms with van der Waals surface area (Å²) in [5.74, 6) is 5.21. The number of rotatable bonds is 9. The number of ether oxygens (including phenoxy) is 2. The molecule has 0 radical (unpaired) electrons. The Kier molecular flexibility index (Phi) is 8.17. The van der Waals surface area contributed by atoms with Crippen LogP contribution in [0.15, 0.2) is 159 Å². The molecular weight excluding hydrogens is 695 g/mol. The van der Waals surface area contributed by atoms with Crippen LogP contribution in [-0.2, 0) is 6.42 Å². The van der Waals surface area contributed by atoms with Crippen molar-refractivity contribution >= 4 is 43.6 Å².